The minimum Gasteiger partial charge on any atom is -0.405 e. The quantitative estimate of drug-likeness (QED) is 0.762. The second-order valence-electron chi connectivity index (χ2n) is 6.15. The first-order valence-corrected chi connectivity index (χ1v) is 8.73. The lowest BCUT2D eigenvalue weighted by Crippen LogP contribution is -2.48. The number of rotatable bonds is 4. The Morgan fingerprint density at radius 1 is 1.21 bits per heavy atom. The van der Waals surface area contributed by atoms with Crippen molar-refractivity contribution in [2.75, 3.05) is 26.2 Å². The number of halogens is 5. The van der Waals surface area contributed by atoms with Gasteiger partial charge in [0, 0.05) is 42.3 Å². The highest BCUT2D eigenvalue weighted by molar-refractivity contribution is 9.10. The van der Waals surface area contributed by atoms with E-state index in [0.717, 1.165) is 49.9 Å². The van der Waals surface area contributed by atoms with E-state index < -0.39 is 6.36 Å². The van der Waals surface area contributed by atoms with E-state index in [1.165, 1.54) is 6.07 Å². The van der Waals surface area contributed by atoms with Gasteiger partial charge >= 0.3 is 6.36 Å². The highest BCUT2D eigenvalue weighted by atomic mass is 79.9. The molecule has 3 rings (SSSR count). The Hall–Kier alpha value is -0.500. The SMILES string of the molecule is Cl.FC(F)(F)Oc1ccc(Br)cc1[C@@H](C1CCC1)N1CCNCC1. The average molecular weight is 430 g/mol. The molecule has 0 unspecified atom stereocenters. The molecule has 0 spiro atoms. The van der Waals surface area contributed by atoms with Crippen LogP contribution in [0.1, 0.15) is 30.9 Å². The van der Waals surface area contributed by atoms with E-state index in [1.54, 1.807) is 12.1 Å². The largest absolute Gasteiger partial charge is 0.573 e. The fourth-order valence-corrected chi connectivity index (χ4v) is 3.81. The Morgan fingerprint density at radius 3 is 2.42 bits per heavy atom. The number of hydrogen-bond acceptors (Lipinski definition) is 3. The Kier molecular flexibility index (Phi) is 6.82. The van der Waals surface area contributed by atoms with Gasteiger partial charge in [-0.2, -0.15) is 0 Å². The van der Waals surface area contributed by atoms with Gasteiger partial charge in [-0.05, 0) is 37.0 Å². The smallest absolute Gasteiger partial charge is 0.405 e. The van der Waals surface area contributed by atoms with Crippen molar-refractivity contribution < 1.29 is 17.9 Å². The van der Waals surface area contributed by atoms with Crippen molar-refractivity contribution in [3.8, 4) is 5.75 Å². The third-order valence-electron chi connectivity index (χ3n) is 4.66. The third kappa shape index (κ3) is 4.77. The van der Waals surface area contributed by atoms with E-state index in [9.17, 15) is 13.2 Å². The molecule has 0 aromatic heterocycles. The number of nitrogens with one attached hydrogen (secondary N) is 1. The molecule has 1 saturated heterocycles. The molecule has 0 radical (unpaired) electrons. The Bertz CT molecular complexity index is 549. The summed E-state index contributed by atoms with van der Waals surface area (Å²) in [4.78, 5) is 2.30. The van der Waals surface area contributed by atoms with Crippen molar-refractivity contribution in [3.63, 3.8) is 0 Å². The van der Waals surface area contributed by atoms with E-state index in [2.05, 4.69) is 30.9 Å². The van der Waals surface area contributed by atoms with E-state index in [0.29, 0.717) is 11.5 Å². The van der Waals surface area contributed by atoms with Gasteiger partial charge in [-0.25, -0.2) is 0 Å². The lowest BCUT2D eigenvalue weighted by Gasteiger charge is -2.43. The first-order valence-electron chi connectivity index (χ1n) is 7.94. The van der Waals surface area contributed by atoms with Gasteiger partial charge in [-0.3, -0.25) is 4.90 Å². The van der Waals surface area contributed by atoms with Crippen molar-refractivity contribution in [2.45, 2.75) is 31.7 Å². The second-order valence-corrected chi connectivity index (χ2v) is 7.07. The maximum absolute atomic E-state index is 12.8. The van der Waals surface area contributed by atoms with Crippen LogP contribution in [0.3, 0.4) is 0 Å². The van der Waals surface area contributed by atoms with E-state index in [1.807, 2.05) is 0 Å². The van der Waals surface area contributed by atoms with Gasteiger partial charge in [-0.1, -0.05) is 22.4 Å². The Labute approximate surface area is 154 Å². The summed E-state index contributed by atoms with van der Waals surface area (Å²) in [5.41, 5.74) is 0.642. The molecule has 1 aliphatic heterocycles. The predicted molar refractivity (Wildman–Crippen MR) is 92.6 cm³/mol. The molecule has 1 N–H and O–H groups in total. The van der Waals surface area contributed by atoms with Crippen LogP contribution in [0.2, 0.25) is 0 Å². The zero-order chi connectivity index (χ0) is 16.4. The van der Waals surface area contributed by atoms with Crippen molar-refractivity contribution in [3.05, 3.63) is 28.2 Å². The van der Waals surface area contributed by atoms with E-state index >= 15 is 0 Å². The molecule has 2 fully saturated rings. The molecule has 8 heteroatoms. The molecule has 0 amide bonds. The van der Waals surface area contributed by atoms with Gasteiger partial charge in [0.25, 0.3) is 0 Å². The van der Waals surface area contributed by atoms with Gasteiger partial charge in [0.05, 0.1) is 0 Å². The van der Waals surface area contributed by atoms with Crippen molar-refractivity contribution in [2.24, 2.45) is 5.92 Å². The molecular formula is C16H21BrClF3N2O. The fraction of sp³-hybridized carbons (Fsp3) is 0.625. The van der Waals surface area contributed by atoms with Crippen LogP contribution < -0.4 is 10.1 Å². The predicted octanol–water partition coefficient (Wildman–Crippen LogP) is 4.52. The first kappa shape index (κ1) is 19.8. The van der Waals surface area contributed by atoms with Gasteiger partial charge in [-0.15, -0.1) is 25.6 Å². The van der Waals surface area contributed by atoms with Crippen molar-refractivity contribution in [1.29, 1.82) is 0 Å². The van der Waals surface area contributed by atoms with E-state index in [-0.39, 0.29) is 24.2 Å². The summed E-state index contributed by atoms with van der Waals surface area (Å²) in [5.74, 6) is 0.328. The molecule has 136 valence electrons. The van der Waals surface area contributed by atoms with Gasteiger partial charge in [0.1, 0.15) is 5.75 Å². The number of nitrogens with zero attached hydrogens (tertiary/aromatic N) is 1. The van der Waals surface area contributed by atoms with Crippen molar-refractivity contribution in [1.82, 2.24) is 10.2 Å². The van der Waals surface area contributed by atoms with Crippen LogP contribution in [0, 0.1) is 5.92 Å². The standard InChI is InChI=1S/C16H20BrF3N2O.ClH/c17-12-4-5-14(23-16(18,19)20)13(10-12)15(11-2-1-3-11)22-8-6-21-7-9-22;/h4-5,10-11,15,21H,1-3,6-9H2;1H/t15-;/m1./s1. The number of benzene rings is 1. The summed E-state index contributed by atoms with van der Waals surface area (Å²) in [7, 11) is 0. The number of alkyl halides is 3. The minimum atomic E-state index is -4.67. The van der Waals surface area contributed by atoms with Crippen LogP contribution in [-0.4, -0.2) is 37.4 Å². The summed E-state index contributed by atoms with van der Waals surface area (Å²) in [5, 5.41) is 3.30. The molecule has 1 aromatic carbocycles. The maximum atomic E-state index is 12.8. The molecule has 3 nitrogen and oxygen atoms in total. The number of hydrogen-bond donors (Lipinski definition) is 1. The lowest BCUT2D eigenvalue weighted by molar-refractivity contribution is -0.275. The van der Waals surface area contributed by atoms with Gasteiger partial charge < -0.3 is 10.1 Å². The average Bonchev–Trinajstić information content (AvgIpc) is 2.44. The second kappa shape index (κ2) is 8.25. The molecule has 0 bridgehead atoms. The van der Waals surface area contributed by atoms with Gasteiger partial charge in [0.15, 0.2) is 0 Å². The Balaban J connectivity index is 0.00000208. The molecule has 24 heavy (non-hydrogen) atoms. The summed E-state index contributed by atoms with van der Waals surface area (Å²) >= 11 is 3.39. The summed E-state index contributed by atoms with van der Waals surface area (Å²) in [6, 6.07) is 4.79. The van der Waals surface area contributed by atoms with Crippen LogP contribution >= 0.6 is 28.3 Å². The number of ether oxygens (including phenoxy) is 1. The third-order valence-corrected chi connectivity index (χ3v) is 5.15. The zero-order valence-corrected chi connectivity index (χ0v) is 15.5. The normalized spacial score (nSPS) is 20.8. The first-order chi connectivity index (χ1) is 10.9. The lowest BCUT2D eigenvalue weighted by atomic mass is 9.76. The summed E-state index contributed by atoms with van der Waals surface area (Å²) < 4.78 is 43.4. The summed E-state index contributed by atoms with van der Waals surface area (Å²) in [6.07, 6.45) is -1.40. The Morgan fingerprint density at radius 2 is 1.88 bits per heavy atom. The summed E-state index contributed by atoms with van der Waals surface area (Å²) in [6.45, 7) is 3.43. The number of piperazine rings is 1. The van der Waals surface area contributed by atoms with Crippen LogP contribution in [0.5, 0.6) is 5.75 Å². The fourth-order valence-electron chi connectivity index (χ4n) is 3.43. The molecule has 1 atom stereocenters. The van der Waals surface area contributed by atoms with Crippen LogP contribution in [0.25, 0.3) is 0 Å². The highest BCUT2D eigenvalue weighted by Gasteiger charge is 2.38. The maximum Gasteiger partial charge on any atom is 0.573 e. The van der Waals surface area contributed by atoms with Crippen LogP contribution in [0.4, 0.5) is 13.2 Å². The molecule has 1 aliphatic carbocycles. The molecule has 2 aliphatic rings. The van der Waals surface area contributed by atoms with E-state index in [4.69, 9.17) is 0 Å². The molecular weight excluding hydrogens is 409 g/mol. The zero-order valence-electron chi connectivity index (χ0n) is 13.1. The van der Waals surface area contributed by atoms with Crippen LogP contribution in [-0.2, 0) is 0 Å². The van der Waals surface area contributed by atoms with Gasteiger partial charge in [0.2, 0.25) is 0 Å². The van der Waals surface area contributed by atoms with Crippen molar-refractivity contribution >= 4 is 28.3 Å². The minimum absolute atomic E-state index is 0. The molecule has 1 aromatic rings. The van der Waals surface area contributed by atoms with Crippen LogP contribution in [0.15, 0.2) is 22.7 Å². The monoisotopic (exact) mass is 428 g/mol. The highest BCUT2D eigenvalue weighted by Crippen LogP contribution is 2.45. The molecule has 1 heterocycles. The topological polar surface area (TPSA) is 24.5 Å². The molecule has 1 saturated carbocycles.